The number of hydrogen-bond acceptors (Lipinski definition) is 0. The van der Waals surface area contributed by atoms with Crippen LogP contribution in [0.5, 0.6) is 0 Å². The van der Waals surface area contributed by atoms with E-state index >= 15 is 0 Å². The van der Waals surface area contributed by atoms with Crippen molar-refractivity contribution in [1.82, 2.24) is 0 Å². The third kappa shape index (κ3) is 1.50. The maximum Gasteiger partial charge on any atom is -0.0137 e. The molecule has 1 aliphatic carbocycles. The second-order valence-electron chi connectivity index (χ2n) is 3.17. The largest absolute Gasteiger partial charge is 0.0988 e. The van der Waals surface area contributed by atoms with Crippen LogP contribution in [-0.2, 0) is 0 Å². The van der Waals surface area contributed by atoms with Crippen LogP contribution in [0.15, 0.2) is 24.8 Å². The van der Waals surface area contributed by atoms with Crippen LogP contribution in [0, 0.1) is 11.8 Å². The van der Waals surface area contributed by atoms with Gasteiger partial charge in [-0.25, -0.2) is 0 Å². The Hall–Kier alpha value is -0.520. The molecule has 0 saturated heterocycles. The molecule has 2 unspecified atom stereocenters. The Morgan fingerprint density at radius 2 is 2.40 bits per heavy atom. The van der Waals surface area contributed by atoms with Crippen molar-refractivity contribution in [3.63, 3.8) is 0 Å². The van der Waals surface area contributed by atoms with Crippen LogP contribution in [0.2, 0.25) is 0 Å². The van der Waals surface area contributed by atoms with E-state index in [0.717, 1.165) is 11.8 Å². The minimum absolute atomic E-state index is 0.789. The van der Waals surface area contributed by atoms with Crippen LogP contribution in [0.3, 0.4) is 0 Å². The van der Waals surface area contributed by atoms with E-state index in [1.807, 2.05) is 6.08 Å². The molecule has 0 N–H and O–H groups in total. The molecule has 10 heavy (non-hydrogen) atoms. The summed E-state index contributed by atoms with van der Waals surface area (Å²) in [4.78, 5) is 0. The van der Waals surface area contributed by atoms with Crippen molar-refractivity contribution < 1.29 is 0 Å². The first-order valence-electron chi connectivity index (χ1n) is 4.10. The van der Waals surface area contributed by atoms with Gasteiger partial charge in [0.25, 0.3) is 0 Å². The number of hydrogen-bond donors (Lipinski definition) is 0. The zero-order chi connectivity index (χ0) is 7.56. The minimum Gasteiger partial charge on any atom is -0.0988 e. The van der Waals surface area contributed by atoms with Gasteiger partial charge >= 0.3 is 0 Å². The molecule has 0 heteroatoms. The predicted molar refractivity (Wildman–Crippen MR) is 45.8 cm³/mol. The lowest BCUT2D eigenvalue weighted by Crippen LogP contribution is -1.82. The second-order valence-corrected chi connectivity index (χ2v) is 3.17. The van der Waals surface area contributed by atoms with Gasteiger partial charge in [-0.05, 0) is 18.3 Å². The molecule has 1 fully saturated rings. The normalized spacial score (nSPS) is 29.7. The van der Waals surface area contributed by atoms with Gasteiger partial charge in [-0.2, -0.15) is 0 Å². The Labute approximate surface area is 63.6 Å². The first kappa shape index (κ1) is 7.59. The van der Waals surface area contributed by atoms with E-state index in [0.29, 0.717) is 0 Å². The van der Waals surface area contributed by atoms with Crippen LogP contribution in [0.25, 0.3) is 0 Å². The van der Waals surface area contributed by atoms with Crippen LogP contribution in [0.4, 0.5) is 0 Å². The summed E-state index contributed by atoms with van der Waals surface area (Å²) >= 11 is 0. The van der Waals surface area contributed by atoms with Gasteiger partial charge in [0.05, 0.1) is 0 Å². The predicted octanol–water partition coefficient (Wildman–Crippen LogP) is 3.16. The smallest absolute Gasteiger partial charge is 0.0137 e. The fourth-order valence-corrected chi connectivity index (χ4v) is 1.54. The molecular weight excluding hydrogens is 120 g/mol. The molecule has 0 aromatic carbocycles. The molecule has 0 heterocycles. The fourth-order valence-electron chi connectivity index (χ4n) is 1.54. The van der Waals surface area contributed by atoms with Gasteiger partial charge in [-0.1, -0.05) is 44.6 Å². The van der Waals surface area contributed by atoms with Crippen molar-refractivity contribution in [3.05, 3.63) is 24.8 Å². The summed E-state index contributed by atoms with van der Waals surface area (Å²) in [5, 5.41) is 0. The van der Waals surface area contributed by atoms with E-state index in [-0.39, 0.29) is 0 Å². The summed E-state index contributed by atoms with van der Waals surface area (Å²) in [5.74, 6) is 1.73. The Bertz CT molecular complexity index is 144. The molecule has 2 atom stereocenters. The zero-order valence-electron chi connectivity index (χ0n) is 6.77. The first-order chi connectivity index (χ1) is 4.79. The minimum atomic E-state index is 0.789. The second kappa shape index (κ2) is 3.05. The lowest BCUT2D eigenvalue weighted by molar-refractivity contribution is 0.673. The molecule has 0 aliphatic heterocycles. The third-order valence-corrected chi connectivity index (χ3v) is 2.32. The monoisotopic (exact) mass is 136 g/mol. The number of allylic oxidation sites excluding steroid dienone is 2. The van der Waals surface area contributed by atoms with Crippen molar-refractivity contribution in [2.45, 2.75) is 26.2 Å². The summed E-state index contributed by atoms with van der Waals surface area (Å²) in [6.07, 6.45) is 5.95. The highest BCUT2D eigenvalue weighted by atomic mass is 14.4. The molecular formula is C10H16. The third-order valence-electron chi connectivity index (χ3n) is 2.32. The van der Waals surface area contributed by atoms with Crippen molar-refractivity contribution >= 4 is 0 Å². The average Bonchev–Trinajstić information content (AvgIpc) is 2.67. The zero-order valence-corrected chi connectivity index (χ0v) is 6.77. The van der Waals surface area contributed by atoms with Crippen LogP contribution < -0.4 is 0 Å². The SMILES string of the molecule is C=CC(=C)C1CC1CCC. The molecule has 1 rings (SSSR count). The molecule has 1 aliphatic rings. The lowest BCUT2D eigenvalue weighted by Gasteiger charge is -1.95. The van der Waals surface area contributed by atoms with Gasteiger partial charge in [0.1, 0.15) is 0 Å². The first-order valence-corrected chi connectivity index (χ1v) is 4.10. The standard InChI is InChI=1S/C10H16/c1-4-6-9-7-10(9)8(3)5-2/h5,9-10H,2-4,6-7H2,1H3. The quantitative estimate of drug-likeness (QED) is 0.521. The van der Waals surface area contributed by atoms with Gasteiger partial charge in [0.15, 0.2) is 0 Å². The summed E-state index contributed by atoms with van der Waals surface area (Å²) in [5.41, 5.74) is 1.25. The highest BCUT2D eigenvalue weighted by Crippen LogP contribution is 2.46. The maximum absolute atomic E-state index is 3.95. The summed E-state index contributed by atoms with van der Waals surface area (Å²) in [6.45, 7) is 9.91. The molecule has 0 amide bonds. The van der Waals surface area contributed by atoms with E-state index in [1.165, 1.54) is 24.8 Å². The van der Waals surface area contributed by atoms with Gasteiger partial charge in [-0.15, -0.1) is 0 Å². The maximum atomic E-state index is 3.95. The van der Waals surface area contributed by atoms with Crippen molar-refractivity contribution in [1.29, 1.82) is 0 Å². The van der Waals surface area contributed by atoms with Crippen LogP contribution >= 0.6 is 0 Å². The lowest BCUT2D eigenvalue weighted by atomic mass is 10.1. The van der Waals surface area contributed by atoms with Crippen LogP contribution in [-0.4, -0.2) is 0 Å². The van der Waals surface area contributed by atoms with E-state index in [2.05, 4.69) is 20.1 Å². The van der Waals surface area contributed by atoms with Crippen molar-refractivity contribution in [3.8, 4) is 0 Å². The molecule has 0 radical (unpaired) electrons. The fraction of sp³-hybridized carbons (Fsp3) is 0.600. The van der Waals surface area contributed by atoms with Gasteiger partial charge < -0.3 is 0 Å². The molecule has 0 bridgehead atoms. The molecule has 0 spiro atoms. The van der Waals surface area contributed by atoms with Crippen molar-refractivity contribution in [2.24, 2.45) is 11.8 Å². The topological polar surface area (TPSA) is 0 Å². The van der Waals surface area contributed by atoms with E-state index < -0.39 is 0 Å². The van der Waals surface area contributed by atoms with Crippen molar-refractivity contribution in [2.75, 3.05) is 0 Å². The molecule has 0 aromatic rings. The summed E-state index contributed by atoms with van der Waals surface area (Å²) in [6, 6.07) is 0. The Balaban J connectivity index is 2.24. The molecule has 0 nitrogen and oxygen atoms in total. The van der Waals surface area contributed by atoms with E-state index in [4.69, 9.17) is 0 Å². The van der Waals surface area contributed by atoms with E-state index in [1.54, 1.807) is 0 Å². The van der Waals surface area contributed by atoms with Crippen LogP contribution in [0.1, 0.15) is 26.2 Å². The summed E-state index contributed by atoms with van der Waals surface area (Å²) < 4.78 is 0. The molecule has 56 valence electrons. The average molecular weight is 136 g/mol. The highest BCUT2D eigenvalue weighted by molar-refractivity contribution is 5.21. The van der Waals surface area contributed by atoms with Gasteiger partial charge in [-0.3, -0.25) is 0 Å². The van der Waals surface area contributed by atoms with Gasteiger partial charge in [0.2, 0.25) is 0 Å². The Morgan fingerprint density at radius 3 is 2.90 bits per heavy atom. The Morgan fingerprint density at radius 1 is 1.70 bits per heavy atom. The molecule has 0 aromatic heterocycles. The summed E-state index contributed by atoms with van der Waals surface area (Å²) in [7, 11) is 0. The van der Waals surface area contributed by atoms with Gasteiger partial charge in [0, 0.05) is 0 Å². The van der Waals surface area contributed by atoms with E-state index in [9.17, 15) is 0 Å². The highest BCUT2D eigenvalue weighted by Gasteiger charge is 2.36. The number of rotatable bonds is 4. The molecule has 1 saturated carbocycles. The Kier molecular flexibility index (Phi) is 2.31.